The fourth-order valence-corrected chi connectivity index (χ4v) is 1.96. The molecule has 8 heteroatoms. The summed E-state index contributed by atoms with van der Waals surface area (Å²) >= 11 is 0. The Balaban J connectivity index is 2.35. The number of unbranched alkanes of at least 4 members (excludes halogenated alkanes) is 1. The lowest BCUT2D eigenvalue weighted by atomic mass is 10.1. The first-order chi connectivity index (χ1) is 11.0. The molecule has 128 valence electrons. The van der Waals surface area contributed by atoms with E-state index in [1.807, 2.05) is 0 Å². The maximum Gasteiger partial charge on any atom is 0.328 e. The summed E-state index contributed by atoms with van der Waals surface area (Å²) in [5, 5.41) is 9.21. The number of benzene rings is 1. The van der Waals surface area contributed by atoms with Gasteiger partial charge in [-0.1, -0.05) is 18.6 Å². The Hall–Kier alpha value is -2.19. The highest BCUT2D eigenvalue weighted by Crippen LogP contribution is 2.14. The van der Waals surface area contributed by atoms with Crippen molar-refractivity contribution >= 4 is 5.97 Å². The van der Waals surface area contributed by atoms with Gasteiger partial charge in [0.1, 0.15) is 11.8 Å². The standard InChI is InChI=1S/C15H23N3O5/c16-10-2-1-5-14(17)15(19)23-13-8-6-12(7-9-13)4-3-11-22-18(20)21/h6-9,14H,1-5,10-11,16-17H2. The number of hydrogen-bond donors (Lipinski definition) is 2. The van der Waals surface area contributed by atoms with Crippen molar-refractivity contribution in [2.24, 2.45) is 11.5 Å². The third-order valence-corrected chi connectivity index (χ3v) is 3.22. The van der Waals surface area contributed by atoms with Crippen molar-refractivity contribution in [3.63, 3.8) is 0 Å². The molecule has 0 saturated heterocycles. The summed E-state index contributed by atoms with van der Waals surface area (Å²) in [5.74, 6) is -0.0382. The Labute approximate surface area is 134 Å². The number of aryl methyl sites for hydroxylation is 1. The fourth-order valence-electron chi connectivity index (χ4n) is 1.96. The zero-order chi connectivity index (χ0) is 17.1. The summed E-state index contributed by atoms with van der Waals surface area (Å²) in [6.45, 7) is 0.636. The Kier molecular flexibility index (Phi) is 8.63. The van der Waals surface area contributed by atoms with Gasteiger partial charge in [0.2, 0.25) is 0 Å². The minimum Gasteiger partial charge on any atom is -0.425 e. The number of carbonyl (C=O) groups is 1. The van der Waals surface area contributed by atoms with Gasteiger partial charge in [-0.05, 0) is 49.9 Å². The number of nitrogens with two attached hydrogens (primary N) is 2. The van der Waals surface area contributed by atoms with Gasteiger partial charge in [0.05, 0.1) is 6.61 Å². The van der Waals surface area contributed by atoms with E-state index in [0.29, 0.717) is 31.6 Å². The molecule has 0 aliphatic carbocycles. The van der Waals surface area contributed by atoms with E-state index in [4.69, 9.17) is 16.2 Å². The molecule has 0 bridgehead atoms. The molecule has 0 heterocycles. The molecule has 0 amide bonds. The van der Waals surface area contributed by atoms with E-state index in [1.54, 1.807) is 24.3 Å². The average molecular weight is 325 g/mol. The number of esters is 1. The van der Waals surface area contributed by atoms with Crippen LogP contribution in [0.25, 0.3) is 0 Å². The molecule has 0 spiro atoms. The van der Waals surface area contributed by atoms with Gasteiger partial charge in [0.25, 0.3) is 5.09 Å². The van der Waals surface area contributed by atoms with Crippen molar-refractivity contribution in [3.05, 3.63) is 39.9 Å². The number of rotatable bonds is 11. The molecule has 4 N–H and O–H groups in total. The van der Waals surface area contributed by atoms with Gasteiger partial charge in [-0.25, -0.2) is 4.79 Å². The van der Waals surface area contributed by atoms with Crippen molar-refractivity contribution in [1.82, 2.24) is 0 Å². The number of nitrogens with zero attached hydrogens (tertiary/aromatic N) is 1. The molecular formula is C15H23N3O5. The SMILES string of the molecule is NCCCCC(N)C(=O)Oc1ccc(CCCO[N+](=O)[O-])cc1. The van der Waals surface area contributed by atoms with Crippen LogP contribution >= 0.6 is 0 Å². The third-order valence-electron chi connectivity index (χ3n) is 3.22. The van der Waals surface area contributed by atoms with E-state index < -0.39 is 17.1 Å². The molecule has 1 aromatic carbocycles. The lowest BCUT2D eigenvalue weighted by Crippen LogP contribution is -2.34. The van der Waals surface area contributed by atoms with Crippen LogP contribution in [-0.4, -0.2) is 30.2 Å². The maximum absolute atomic E-state index is 11.8. The van der Waals surface area contributed by atoms with E-state index in [2.05, 4.69) is 4.84 Å². The first-order valence-electron chi connectivity index (χ1n) is 7.56. The van der Waals surface area contributed by atoms with E-state index in [1.165, 1.54) is 0 Å². The van der Waals surface area contributed by atoms with Crippen molar-refractivity contribution in [2.75, 3.05) is 13.2 Å². The first-order valence-corrected chi connectivity index (χ1v) is 7.56. The first kappa shape index (κ1) is 18.9. The van der Waals surface area contributed by atoms with Crippen LogP contribution < -0.4 is 16.2 Å². The summed E-state index contributed by atoms with van der Waals surface area (Å²) in [4.78, 5) is 26.1. The summed E-state index contributed by atoms with van der Waals surface area (Å²) in [6.07, 6.45) is 3.34. The molecule has 1 unspecified atom stereocenters. The lowest BCUT2D eigenvalue weighted by Gasteiger charge is -2.11. The summed E-state index contributed by atoms with van der Waals surface area (Å²) in [6, 6.07) is 6.30. The molecule has 1 atom stereocenters. The molecule has 0 radical (unpaired) electrons. The van der Waals surface area contributed by atoms with Gasteiger partial charge in [0, 0.05) is 0 Å². The lowest BCUT2D eigenvalue weighted by molar-refractivity contribution is -0.757. The van der Waals surface area contributed by atoms with Crippen LogP contribution in [0.15, 0.2) is 24.3 Å². The van der Waals surface area contributed by atoms with E-state index in [9.17, 15) is 14.9 Å². The van der Waals surface area contributed by atoms with Crippen LogP contribution in [0.4, 0.5) is 0 Å². The summed E-state index contributed by atoms with van der Waals surface area (Å²) in [7, 11) is 0. The molecule has 0 aliphatic rings. The highest BCUT2D eigenvalue weighted by atomic mass is 16.9. The number of carbonyl (C=O) groups excluding carboxylic acids is 1. The van der Waals surface area contributed by atoms with Crippen molar-refractivity contribution < 1.29 is 19.5 Å². The van der Waals surface area contributed by atoms with Gasteiger partial charge in [-0.3, -0.25) is 0 Å². The van der Waals surface area contributed by atoms with Crippen molar-refractivity contribution in [1.29, 1.82) is 0 Å². The molecule has 1 aromatic rings. The summed E-state index contributed by atoms with van der Waals surface area (Å²) < 4.78 is 5.21. The maximum atomic E-state index is 11.8. The molecule has 0 aromatic heterocycles. The van der Waals surface area contributed by atoms with Crippen molar-refractivity contribution in [3.8, 4) is 5.75 Å². The minimum atomic E-state index is -0.806. The Morgan fingerprint density at radius 2 is 1.91 bits per heavy atom. The average Bonchev–Trinajstić information content (AvgIpc) is 2.53. The van der Waals surface area contributed by atoms with Crippen LogP contribution in [0.1, 0.15) is 31.2 Å². The van der Waals surface area contributed by atoms with Crippen LogP contribution in [0.3, 0.4) is 0 Å². The van der Waals surface area contributed by atoms with Crippen LogP contribution in [-0.2, 0) is 16.1 Å². The topological polar surface area (TPSA) is 131 Å². The molecule has 23 heavy (non-hydrogen) atoms. The number of hydrogen-bond acceptors (Lipinski definition) is 7. The van der Waals surface area contributed by atoms with Crippen molar-refractivity contribution in [2.45, 2.75) is 38.1 Å². The van der Waals surface area contributed by atoms with Gasteiger partial charge in [-0.15, -0.1) is 10.1 Å². The third kappa shape index (κ3) is 8.12. The Morgan fingerprint density at radius 3 is 2.52 bits per heavy atom. The Bertz CT molecular complexity index is 492. The molecule has 1 rings (SSSR count). The van der Waals surface area contributed by atoms with Gasteiger partial charge in [0.15, 0.2) is 0 Å². The van der Waals surface area contributed by atoms with E-state index >= 15 is 0 Å². The molecule has 0 fully saturated rings. The van der Waals surface area contributed by atoms with Crippen LogP contribution in [0.5, 0.6) is 5.75 Å². The fraction of sp³-hybridized carbons (Fsp3) is 0.533. The predicted molar refractivity (Wildman–Crippen MR) is 84.2 cm³/mol. The Morgan fingerprint density at radius 1 is 1.22 bits per heavy atom. The van der Waals surface area contributed by atoms with E-state index in [0.717, 1.165) is 18.4 Å². The highest BCUT2D eigenvalue weighted by Gasteiger charge is 2.15. The second-order valence-corrected chi connectivity index (χ2v) is 5.12. The molecular weight excluding hydrogens is 302 g/mol. The van der Waals surface area contributed by atoms with E-state index in [-0.39, 0.29) is 6.61 Å². The normalized spacial score (nSPS) is 11.7. The van der Waals surface area contributed by atoms with Crippen LogP contribution in [0, 0.1) is 10.1 Å². The monoisotopic (exact) mass is 325 g/mol. The van der Waals surface area contributed by atoms with Gasteiger partial charge >= 0.3 is 5.97 Å². The predicted octanol–water partition coefficient (Wildman–Crippen LogP) is 1.19. The molecule has 0 aliphatic heterocycles. The second-order valence-electron chi connectivity index (χ2n) is 5.12. The smallest absolute Gasteiger partial charge is 0.328 e. The molecule has 0 saturated carbocycles. The largest absolute Gasteiger partial charge is 0.425 e. The number of ether oxygens (including phenoxy) is 1. The van der Waals surface area contributed by atoms with Crippen LogP contribution in [0.2, 0.25) is 0 Å². The highest BCUT2D eigenvalue weighted by molar-refractivity contribution is 5.77. The summed E-state index contributed by atoms with van der Waals surface area (Å²) in [5.41, 5.74) is 12.1. The quantitative estimate of drug-likeness (QED) is 0.205. The zero-order valence-corrected chi connectivity index (χ0v) is 13.0. The molecule has 8 nitrogen and oxygen atoms in total. The zero-order valence-electron chi connectivity index (χ0n) is 13.0. The van der Waals surface area contributed by atoms with Gasteiger partial charge in [-0.2, -0.15) is 0 Å². The second kappa shape index (κ2) is 10.5. The van der Waals surface area contributed by atoms with Gasteiger partial charge < -0.3 is 21.0 Å². The minimum absolute atomic E-state index is 0.0569.